The smallest absolute Gasteiger partial charge is 0.317 e. The minimum atomic E-state index is -2.50. The Bertz CT molecular complexity index is 345. The fraction of sp³-hybridized carbons (Fsp3) is 0.727. The predicted octanol–water partition coefficient (Wildman–Crippen LogP) is 1.46. The van der Waals surface area contributed by atoms with E-state index in [1.165, 1.54) is 12.4 Å². The number of alkyl halides is 2. The van der Waals surface area contributed by atoms with Gasteiger partial charge in [-0.25, -0.2) is 4.98 Å². The highest BCUT2D eigenvalue weighted by molar-refractivity contribution is 4.93. The molecule has 1 fully saturated rings. The van der Waals surface area contributed by atoms with E-state index < -0.39 is 6.55 Å². The van der Waals surface area contributed by atoms with Crippen LogP contribution in [0.25, 0.3) is 0 Å². The van der Waals surface area contributed by atoms with Crippen molar-refractivity contribution < 1.29 is 8.78 Å². The van der Waals surface area contributed by atoms with E-state index in [0.717, 1.165) is 30.5 Å². The molecule has 0 bridgehead atoms. The first-order chi connectivity index (χ1) is 8.20. The zero-order valence-electron chi connectivity index (χ0n) is 9.94. The number of likely N-dealkylation sites (tertiary alicyclic amines) is 1. The molecule has 0 aromatic carbocycles. The molecule has 96 valence electrons. The molecule has 17 heavy (non-hydrogen) atoms. The first kappa shape index (κ1) is 12.4. The second kappa shape index (κ2) is 5.55. The Morgan fingerprint density at radius 2 is 2.18 bits per heavy atom. The van der Waals surface area contributed by atoms with Gasteiger partial charge < -0.3 is 5.32 Å². The minimum Gasteiger partial charge on any atom is -0.317 e. The molecule has 0 atom stereocenters. The Hall–Kier alpha value is -1.01. The molecular formula is C11H18F2N4. The van der Waals surface area contributed by atoms with Crippen molar-refractivity contribution in [2.45, 2.75) is 32.0 Å². The molecule has 1 aliphatic heterocycles. The lowest BCUT2D eigenvalue weighted by atomic mass is 10.1. The van der Waals surface area contributed by atoms with Gasteiger partial charge in [0.1, 0.15) is 5.82 Å². The minimum absolute atomic E-state index is 0.447. The Kier molecular flexibility index (Phi) is 4.06. The van der Waals surface area contributed by atoms with Crippen LogP contribution in [-0.4, -0.2) is 40.6 Å². The van der Waals surface area contributed by atoms with Gasteiger partial charge in [0.25, 0.3) is 0 Å². The first-order valence-corrected chi connectivity index (χ1v) is 5.90. The topological polar surface area (TPSA) is 33.1 Å². The van der Waals surface area contributed by atoms with E-state index in [4.69, 9.17) is 0 Å². The summed E-state index contributed by atoms with van der Waals surface area (Å²) in [6.07, 6.45) is 4.89. The summed E-state index contributed by atoms with van der Waals surface area (Å²) in [7, 11) is 1.96. The fourth-order valence-corrected chi connectivity index (χ4v) is 2.22. The maximum Gasteiger partial charge on any atom is 0.319 e. The number of aromatic nitrogens is 2. The van der Waals surface area contributed by atoms with Crippen LogP contribution in [0.2, 0.25) is 0 Å². The zero-order chi connectivity index (χ0) is 12.3. The molecule has 1 aromatic rings. The number of halogens is 2. The molecule has 1 N–H and O–H groups in total. The lowest BCUT2D eigenvalue weighted by Gasteiger charge is -2.31. The third kappa shape index (κ3) is 3.01. The molecule has 0 radical (unpaired) electrons. The lowest BCUT2D eigenvalue weighted by Crippen LogP contribution is -2.41. The molecular weight excluding hydrogens is 226 g/mol. The molecule has 1 aromatic heterocycles. The van der Waals surface area contributed by atoms with Gasteiger partial charge in [-0.15, -0.1) is 0 Å². The summed E-state index contributed by atoms with van der Waals surface area (Å²) in [5.41, 5.74) is 0. The number of imidazole rings is 1. The van der Waals surface area contributed by atoms with Crippen molar-refractivity contribution in [3.63, 3.8) is 0 Å². The van der Waals surface area contributed by atoms with Gasteiger partial charge in [0.2, 0.25) is 0 Å². The van der Waals surface area contributed by atoms with Gasteiger partial charge >= 0.3 is 6.55 Å². The van der Waals surface area contributed by atoms with Gasteiger partial charge in [-0.3, -0.25) is 9.47 Å². The largest absolute Gasteiger partial charge is 0.319 e. The van der Waals surface area contributed by atoms with Crippen LogP contribution < -0.4 is 5.32 Å². The number of hydrogen-bond acceptors (Lipinski definition) is 3. The molecule has 6 heteroatoms. The number of hydrogen-bond donors (Lipinski definition) is 1. The molecule has 1 aliphatic rings. The zero-order valence-corrected chi connectivity index (χ0v) is 9.94. The predicted molar refractivity (Wildman–Crippen MR) is 60.8 cm³/mol. The van der Waals surface area contributed by atoms with E-state index in [1.807, 2.05) is 7.05 Å². The van der Waals surface area contributed by atoms with Gasteiger partial charge in [-0.2, -0.15) is 8.78 Å². The Morgan fingerprint density at radius 1 is 1.47 bits per heavy atom. The van der Waals surface area contributed by atoms with E-state index in [0.29, 0.717) is 18.4 Å². The Morgan fingerprint density at radius 3 is 2.76 bits per heavy atom. The van der Waals surface area contributed by atoms with Crippen LogP contribution in [0.5, 0.6) is 0 Å². The van der Waals surface area contributed by atoms with Crippen LogP contribution in [0.1, 0.15) is 25.2 Å². The summed E-state index contributed by atoms with van der Waals surface area (Å²) < 4.78 is 26.2. The monoisotopic (exact) mass is 244 g/mol. The van der Waals surface area contributed by atoms with E-state index in [1.54, 1.807) is 0 Å². The standard InChI is InChI=1S/C11H18F2N4/c1-14-9-2-5-16(6-3-9)8-10-15-4-7-17(10)11(12)13/h4,7,9,11,14H,2-3,5-6,8H2,1H3. The van der Waals surface area contributed by atoms with Crippen molar-refractivity contribution >= 4 is 0 Å². The molecule has 4 nitrogen and oxygen atoms in total. The maximum atomic E-state index is 12.6. The molecule has 2 heterocycles. The average Bonchev–Trinajstić information content (AvgIpc) is 2.78. The van der Waals surface area contributed by atoms with Crippen LogP contribution in [-0.2, 0) is 6.54 Å². The van der Waals surface area contributed by atoms with Gasteiger partial charge in [0, 0.05) is 31.5 Å². The first-order valence-electron chi connectivity index (χ1n) is 5.90. The average molecular weight is 244 g/mol. The highest BCUT2D eigenvalue weighted by atomic mass is 19.3. The number of rotatable bonds is 4. The van der Waals surface area contributed by atoms with Crippen LogP contribution in [0.15, 0.2) is 12.4 Å². The molecule has 0 aliphatic carbocycles. The molecule has 2 rings (SSSR count). The normalized spacial score (nSPS) is 19.1. The van der Waals surface area contributed by atoms with E-state index in [-0.39, 0.29) is 0 Å². The van der Waals surface area contributed by atoms with Crippen molar-refractivity contribution in [1.82, 2.24) is 19.8 Å². The van der Waals surface area contributed by atoms with Crippen molar-refractivity contribution in [2.75, 3.05) is 20.1 Å². The Balaban J connectivity index is 1.91. The summed E-state index contributed by atoms with van der Waals surface area (Å²) in [4.78, 5) is 6.17. The summed E-state index contributed by atoms with van der Waals surface area (Å²) >= 11 is 0. The number of nitrogens with one attached hydrogen (secondary N) is 1. The highest BCUT2D eigenvalue weighted by Crippen LogP contribution is 2.16. The lowest BCUT2D eigenvalue weighted by molar-refractivity contribution is 0.0627. The summed E-state index contributed by atoms with van der Waals surface area (Å²) in [6.45, 7) is -0.126. The third-order valence-electron chi connectivity index (χ3n) is 3.32. The van der Waals surface area contributed by atoms with Crippen molar-refractivity contribution in [2.24, 2.45) is 0 Å². The van der Waals surface area contributed by atoms with E-state index in [2.05, 4.69) is 15.2 Å². The quantitative estimate of drug-likeness (QED) is 0.870. The van der Waals surface area contributed by atoms with Crippen LogP contribution >= 0.6 is 0 Å². The molecule has 1 saturated heterocycles. The second-order valence-corrected chi connectivity index (χ2v) is 4.37. The van der Waals surface area contributed by atoms with Crippen LogP contribution in [0.3, 0.4) is 0 Å². The molecule has 0 spiro atoms. The van der Waals surface area contributed by atoms with Crippen molar-refractivity contribution in [1.29, 1.82) is 0 Å². The van der Waals surface area contributed by atoms with Gasteiger partial charge in [-0.1, -0.05) is 0 Å². The van der Waals surface area contributed by atoms with E-state index >= 15 is 0 Å². The third-order valence-corrected chi connectivity index (χ3v) is 3.32. The van der Waals surface area contributed by atoms with Gasteiger partial charge in [-0.05, 0) is 19.9 Å². The highest BCUT2D eigenvalue weighted by Gasteiger charge is 2.20. The van der Waals surface area contributed by atoms with Gasteiger partial charge in [0.05, 0.1) is 6.54 Å². The maximum absolute atomic E-state index is 12.6. The Labute approximate surface area is 99.6 Å². The fourth-order valence-electron chi connectivity index (χ4n) is 2.22. The summed E-state index contributed by atoms with van der Waals surface area (Å²) in [6, 6.07) is 0.557. The summed E-state index contributed by atoms with van der Waals surface area (Å²) in [5, 5.41) is 3.25. The van der Waals surface area contributed by atoms with Gasteiger partial charge in [0.15, 0.2) is 0 Å². The van der Waals surface area contributed by atoms with Crippen molar-refractivity contribution in [3.8, 4) is 0 Å². The number of piperidine rings is 1. The van der Waals surface area contributed by atoms with Crippen LogP contribution in [0.4, 0.5) is 8.78 Å². The molecule has 0 amide bonds. The second-order valence-electron chi connectivity index (χ2n) is 4.37. The SMILES string of the molecule is CNC1CCN(Cc2nccn2C(F)F)CC1. The molecule has 0 unspecified atom stereocenters. The molecule has 0 saturated carbocycles. The van der Waals surface area contributed by atoms with E-state index in [9.17, 15) is 8.78 Å². The van der Waals surface area contributed by atoms with Crippen LogP contribution in [0, 0.1) is 0 Å². The summed E-state index contributed by atoms with van der Waals surface area (Å²) in [5.74, 6) is 0.447. The number of nitrogens with zero attached hydrogens (tertiary/aromatic N) is 3. The van der Waals surface area contributed by atoms with Crippen molar-refractivity contribution in [3.05, 3.63) is 18.2 Å².